The lowest BCUT2D eigenvalue weighted by molar-refractivity contribution is -0.129. The van der Waals surface area contributed by atoms with Crippen LogP contribution in [0.25, 0.3) is 6.08 Å². The predicted octanol–water partition coefficient (Wildman–Crippen LogP) is 2.82. The Bertz CT molecular complexity index is 777. The van der Waals surface area contributed by atoms with Gasteiger partial charge in [-0.15, -0.1) is 11.3 Å². The zero-order chi connectivity index (χ0) is 14.2. The molecule has 0 fully saturated rings. The third kappa shape index (κ3) is 2.19. The molecule has 2 aliphatic rings. The average Bonchev–Trinajstić information content (AvgIpc) is 3.20. The summed E-state index contributed by atoms with van der Waals surface area (Å²) in [6.45, 7) is 0.203. The lowest BCUT2D eigenvalue weighted by atomic mass is 10.2. The van der Waals surface area contributed by atoms with Crippen molar-refractivity contribution >= 4 is 29.3 Å². The molecular weight excluding hydrogens is 290 g/mol. The molecule has 6 heteroatoms. The molecule has 4 rings (SSSR count). The first-order valence-electron chi connectivity index (χ1n) is 6.26. The molecule has 5 nitrogen and oxygen atoms in total. The highest BCUT2D eigenvalue weighted by Crippen LogP contribution is 2.33. The number of fused-ring (bicyclic) bond motifs is 1. The summed E-state index contributed by atoms with van der Waals surface area (Å²) >= 11 is 1.54. The highest BCUT2D eigenvalue weighted by Gasteiger charge is 2.25. The maximum absolute atomic E-state index is 11.9. The Labute approximate surface area is 124 Å². The van der Waals surface area contributed by atoms with Gasteiger partial charge in [0.25, 0.3) is 0 Å². The van der Waals surface area contributed by atoms with Gasteiger partial charge in [0.2, 0.25) is 12.7 Å². The normalized spacial score (nSPS) is 18.0. The Morgan fingerprint density at radius 1 is 1.19 bits per heavy atom. The van der Waals surface area contributed by atoms with E-state index < -0.39 is 5.97 Å². The van der Waals surface area contributed by atoms with E-state index >= 15 is 0 Å². The molecule has 2 aliphatic heterocycles. The SMILES string of the molecule is O=C1OC(c2ccc3c(c2)OCO3)=N/C1=C/c1cccs1. The van der Waals surface area contributed by atoms with Crippen LogP contribution in [0.4, 0.5) is 0 Å². The van der Waals surface area contributed by atoms with Crippen molar-refractivity contribution in [1.29, 1.82) is 0 Å². The van der Waals surface area contributed by atoms with Crippen molar-refractivity contribution in [3.63, 3.8) is 0 Å². The number of ether oxygens (including phenoxy) is 3. The molecule has 2 aromatic rings. The topological polar surface area (TPSA) is 57.1 Å². The lowest BCUT2D eigenvalue weighted by Crippen LogP contribution is -2.05. The summed E-state index contributed by atoms with van der Waals surface area (Å²) in [6.07, 6.45) is 1.72. The highest BCUT2D eigenvalue weighted by molar-refractivity contribution is 7.10. The molecule has 0 unspecified atom stereocenters. The average molecular weight is 299 g/mol. The minimum absolute atomic E-state index is 0.203. The van der Waals surface area contributed by atoms with Crippen molar-refractivity contribution in [3.05, 3.63) is 51.8 Å². The van der Waals surface area contributed by atoms with Crippen LogP contribution in [0, 0.1) is 0 Å². The summed E-state index contributed by atoms with van der Waals surface area (Å²) in [5, 5.41) is 1.94. The van der Waals surface area contributed by atoms with Crippen molar-refractivity contribution in [3.8, 4) is 11.5 Å². The molecule has 0 amide bonds. The number of benzene rings is 1. The van der Waals surface area contributed by atoms with E-state index in [0.29, 0.717) is 22.8 Å². The van der Waals surface area contributed by atoms with Crippen LogP contribution < -0.4 is 9.47 Å². The van der Waals surface area contributed by atoms with Gasteiger partial charge in [0.1, 0.15) is 0 Å². The van der Waals surface area contributed by atoms with E-state index in [-0.39, 0.29) is 12.7 Å². The second-order valence-electron chi connectivity index (χ2n) is 4.42. The van der Waals surface area contributed by atoms with Crippen LogP contribution in [0.1, 0.15) is 10.4 Å². The van der Waals surface area contributed by atoms with Gasteiger partial charge in [0.05, 0.1) is 0 Å². The van der Waals surface area contributed by atoms with Gasteiger partial charge < -0.3 is 14.2 Å². The van der Waals surface area contributed by atoms with Gasteiger partial charge in [-0.3, -0.25) is 0 Å². The molecule has 0 spiro atoms. The smallest absolute Gasteiger partial charge is 0.363 e. The predicted molar refractivity (Wildman–Crippen MR) is 77.5 cm³/mol. The summed E-state index contributed by atoms with van der Waals surface area (Å²) in [5.41, 5.74) is 0.979. The van der Waals surface area contributed by atoms with Crippen molar-refractivity contribution in [2.24, 2.45) is 4.99 Å². The van der Waals surface area contributed by atoms with Gasteiger partial charge in [-0.2, -0.15) is 0 Å². The molecular formula is C15H9NO4S. The summed E-state index contributed by atoms with van der Waals surface area (Å²) in [6, 6.07) is 9.14. The van der Waals surface area contributed by atoms with Crippen LogP contribution in [0.5, 0.6) is 11.5 Å². The zero-order valence-corrected chi connectivity index (χ0v) is 11.6. The standard InChI is InChI=1S/C15H9NO4S/c17-15-11(7-10-2-1-5-21-10)16-14(20-15)9-3-4-12-13(6-9)19-8-18-12/h1-7H,8H2/b11-7+. The molecule has 1 aromatic heterocycles. The second-order valence-corrected chi connectivity index (χ2v) is 5.40. The fourth-order valence-electron chi connectivity index (χ4n) is 2.07. The Morgan fingerprint density at radius 2 is 2.10 bits per heavy atom. The molecule has 0 atom stereocenters. The van der Waals surface area contributed by atoms with Crippen LogP contribution in [0.2, 0.25) is 0 Å². The largest absolute Gasteiger partial charge is 0.454 e. The van der Waals surface area contributed by atoms with Crippen LogP contribution in [-0.2, 0) is 9.53 Å². The minimum atomic E-state index is -0.448. The fourth-order valence-corrected chi connectivity index (χ4v) is 2.72. The summed E-state index contributed by atoms with van der Waals surface area (Å²) in [5.74, 6) is 1.14. The molecule has 0 N–H and O–H groups in total. The number of carbonyl (C=O) groups excluding carboxylic acids is 1. The van der Waals surface area contributed by atoms with Crippen LogP contribution in [0.15, 0.2) is 46.4 Å². The molecule has 0 radical (unpaired) electrons. The first-order valence-corrected chi connectivity index (χ1v) is 7.14. The Balaban J connectivity index is 1.68. The highest BCUT2D eigenvalue weighted by atomic mass is 32.1. The quantitative estimate of drug-likeness (QED) is 0.632. The summed E-state index contributed by atoms with van der Waals surface area (Å²) < 4.78 is 15.8. The lowest BCUT2D eigenvalue weighted by Gasteiger charge is -2.01. The van der Waals surface area contributed by atoms with Crippen molar-refractivity contribution in [2.75, 3.05) is 6.79 Å². The Hall–Kier alpha value is -2.60. The molecule has 0 saturated carbocycles. The second kappa shape index (κ2) is 4.75. The number of esters is 1. The van der Waals surface area contributed by atoms with Crippen LogP contribution in [-0.4, -0.2) is 18.7 Å². The van der Waals surface area contributed by atoms with Crippen molar-refractivity contribution in [2.45, 2.75) is 0 Å². The van der Waals surface area contributed by atoms with E-state index in [1.54, 1.807) is 24.3 Å². The number of hydrogen-bond donors (Lipinski definition) is 0. The maximum Gasteiger partial charge on any atom is 0.363 e. The number of thiophene rings is 1. The Kier molecular flexibility index (Phi) is 2.75. The number of cyclic esters (lactones) is 1. The van der Waals surface area contributed by atoms with Gasteiger partial charge in [-0.05, 0) is 35.7 Å². The third-order valence-electron chi connectivity index (χ3n) is 3.06. The molecule has 21 heavy (non-hydrogen) atoms. The number of hydrogen-bond acceptors (Lipinski definition) is 6. The minimum Gasteiger partial charge on any atom is -0.454 e. The molecule has 0 bridgehead atoms. The third-order valence-corrected chi connectivity index (χ3v) is 3.88. The molecule has 3 heterocycles. The fraction of sp³-hybridized carbons (Fsp3) is 0.0667. The Morgan fingerprint density at radius 3 is 2.95 bits per heavy atom. The van der Waals surface area contributed by atoms with E-state index in [4.69, 9.17) is 14.2 Å². The molecule has 0 saturated heterocycles. The van der Waals surface area contributed by atoms with Gasteiger partial charge >= 0.3 is 5.97 Å². The van der Waals surface area contributed by atoms with E-state index in [0.717, 1.165) is 4.88 Å². The molecule has 1 aromatic carbocycles. The van der Waals surface area contributed by atoms with E-state index in [1.165, 1.54) is 11.3 Å². The molecule has 104 valence electrons. The number of rotatable bonds is 2. The monoisotopic (exact) mass is 299 g/mol. The van der Waals surface area contributed by atoms with Crippen LogP contribution in [0.3, 0.4) is 0 Å². The van der Waals surface area contributed by atoms with Gasteiger partial charge in [-0.1, -0.05) is 6.07 Å². The van der Waals surface area contributed by atoms with E-state index in [9.17, 15) is 4.79 Å². The van der Waals surface area contributed by atoms with E-state index in [1.807, 2.05) is 17.5 Å². The summed E-state index contributed by atoms with van der Waals surface area (Å²) in [4.78, 5) is 17.1. The van der Waals surface area contributed by atoms with E-state index in [2.05, 4.69) is 4.99 Å². The van der Waals surface area contributed by atoms with Crippen molar-refractivity contribution in [1.82, 2.24) is 0 Å². The summed E-state index contributed by atoms with van der Waals surface area (Å²) in [7, 11) is 0. The van der Waals surface area contributed by atoms with Crippen LogP contribution >= 0.6 is 11.3 Å². The van der Waals surface area contributed by atoms with Gasteiger partial charge in [0, 0.05) is 10.4 Å². The first-order chi connectivity index (χ1) is 10.3. The first kappa shape index (κ1) is 12.2. The van der Waals surface area contributed by atoms with Gasteiger partial charge in [0.15, 0.2) is 17.2 Å². The maximum atomic E-state index is 11.9. The van der Waals surface area contributed by atoms with Gasteiger partial charge in [-0.25, -0.2) is 9.79 Å². The number of aliphatic imine (C=N–C) groups is 1. The molecule has 0 aliphatic carbocycles. The zero-order valence-electron chi connectivity index (χ0n) is 10.7. The van der Waals surface area contributed by atoms with Crippen molar-refractivity contribution < 1.29 is 19.0 Å². The number of nitrogens with zero attached hydrogens (tertiary/aromatic N) is 1. The number of carbonyl (C=O) groups is 1.